The van der Waals surface area contributed by atoms with Crippen LogP contribution in [0.3, 0.4) is 0 Å². The fraction of sp³-hybridized carbons (Fsp3) is 0.786. The Labute approximate surface area is 125 Å². The number of urea groups is 1. The van der Waals surface area contributed by atoms with E-state index in [9.17, 15) is 14.4 Å². The summed E-state index contributed by atoms with van der Waals surface area (Å²) >= 11 is 0. The fourth-order valence-electron chi connectivity index (χ4n) is 1.97. The Bertz CT molecular complexity index is 417. The van der Waals surface area contributed by atoms with E-state index in [4.69, 9.17) is 5.11 Å². The molecule has 0 aromatic carbocycles. The minimum absolute atomic E-state index is 0.0625. The summed E-state index contributed by atoms with van der Waals surface area (Å²) in [5.41, 5.74) is 0.0625. The largest absolute Gasteiger partial charge is 0.481 e. The second kappa shape index (κ2) is 6.78. The average molecular weight is 299 g/mol. The van der Waals surface area contributed by atoms with Gasteiger partial charge in [-0.3, -0.25) is 9.59 Å². The van der Waals surface area contributed by atoms with Crippen LogP contribution in [0, 0.1) is 11.3 Å². The average Bonchev–Trinajstić information content (AvgIpc) is 2.36. The van der Waals surface area contributed by atoms with Gasteiger partial charge in [-0.25, -0.2) is 4.79 Å². The summed E-state index contributed by atoms with van der Waals surface area (Å²) < 4.78 is 0. The van der Waals surface area contributed by atoms with Gasteiger partial charge in [0, 0.05) is 19.6 Å². The number of hydrogen-bond donors (Lipinski definition) is 3. The van der Waals surface area contributed by atoms with E-state index in [1.807, 2.05) is 6.92 Å². The highest BCUT2D eigenvalue weighted by molar-refractivity contribution is 5.91. The van der Waals surface area contributed by atoms with E-state index in [0.29, 0.717) is 19.6 Å². The molecule has 2 atom stereocenters. The monoisotopic (exact) mass is 299 g/mol. The maximum atomic E-state index is 12.2. The van der Waals surface area contributed by atoms with Crippen LogP contribution < -0.4 is 10.6 Å². The minimum Gasteiger partial charge on any atom is -0.481 e. The molecule has 7 nitrogen and oxygen atoms in total. The summed E-state index contributed by atoms with van der Waals surface area (Å²) in [7, 11) is 0. The minimum atomic E-state index is -1.10. The molecule has 0 spiro atoms. The molecule has 7 heteroatoms. The topological polar surface area (TPSA) is 98.7 Å². The van der Waals surface area contributed by atoms with Gasteiger partial charge >= 0.3 is 12.0 Å². The van der Waals surface area contributed by atoms with Crippen molar-refractivity contribution in [2.45, 2.75) is 40.2 Å². The van der Waals surface area contributed by atoms with Crippen LogP contribution in [-0.2, 0) is 9.59 Å². The van der Waals surface area contributed by atoms with Crippen molar-refractivity contribution >= 4 is 17.9 Å². The highest BCUT2D eigenvalue weighted by Crippen LogP contribution is 2.24. The number of amides is 3. The third-order valence-corrected chi connectivity index (χ3v) is 4.00. The molecule has 1 aliphatic rings. The number of piperazine rings is 1. The van der Waals surface area contributed by atoms with E-state index in [1.54, 1.807) is 0 Å². The summed E-state index contributed by atoms with van der Waals surface area (Å²) in [6.07, 6.45) is -0.381. The lowest BCUT2D eigenvalue weighted by atomic mass is 9.82. The number of hydrogen-bond acceptors (Lipinski definition) is 3. The van der Waals surface area contributed by atoms with Gasteiger partial charge in [0.15, 0.2) is 0 Å². The first-order chi connectivity index (χ1) is 9.62. The number of nitrogens with zero attached hydrogens (tertiary/aromatic N) is 1. The maximum Gasteiger partial charge on any atom is 0.318 e. The van der Waals surface area contributed by atoms with E-state index >= 15 is 0 Å². The summed E-state index contributed by atoms with van der Waals surface area (Å²) in [6, 6.07) is -1.33. The van der Waals surface area contributed by atoms with Crippen LogP contribution in [0.4, 0.5) is 4.79 Å². The number of carboxylic acids is 1. The maximum absolute atomic E-state index is 12.2. The van der Waals surface area contributed by atoms with Crippen LogP contribution in [0.5, 0.6) is 0 Å². The number of aliphatic carboxylic acids is 1. The molecule has 1 saturated heterocycles. The number of carbonyl (C=O) groups excluding carboxylic acids is 2. The third kappa shape index (κ3) is 4.91. The number of nitrogens with one attached hydrogen (secondary N) is 2. The smallest absolute Gasteiger partial charge is 0.318 e. The van der Waals surface area contributed by atoms with Gasteiger partial charge in [0.1, 0.15) is 6.04 Å². The van der Waals surface area contributed by atoms with Gasteiger partial charge in [-0.2, -0.15) is 0 Å². The van der Waals surface area contributed by atoms with Crippen LogP contribution in [0.15, 0.2) is 0 Å². The molecule has 0 aliphatic carbocycles. The quantitative estimate of drug-likeness (QED) is 0.710. The summed E-state index contributed by atoms with van der Waals surface area (Å²) in [5, 5.41) is 14.3. The standard InChI is InChI=1S/C14H25N3O4/c1-9(14(2,3)4)8-16-13(21)17-6-5-15-12(20)10(17)7-11(18)19/h9-10H,5-8H2,1-4H3,(H,15,20)(H,16,21)(H,18,19). The predicted octanol–water partition coefficient (Wildman–Crippen LogP) is 0.653. The van der Waals surface area contributed by atoms with Gasteiger partial charge in [0.2, 0.25) is 5.91 Å². The lowest BCUT2D eigenvalue weighted by molar-refractivity contribution is -0.142. The molecular formula is C14H25N3O4. The van der Waals surface area contributed by atoms with Crippen molar-refractivity contribution in [1.82, 2.24) is 15.5 Å². The molecule has 120 valence electrons. The van der Waals surface area contributed by atoms with Gasteiger partial charge in [-0.05, 0) is 11.3 Å². The molecule has 1 heterocycles. The molecule has 3 amide bonds. The van der Waals surface area contributed by atoms with Crippen molar-refractivity contribution in [2.75, 3.05) is 19.6 Å². The summed E-state index contributed by atoms with van der Waals surface area (Å²) in [6.45, 7) is 9.46. The molecule has 0 bridgehead atoms. The predicted molar refractivity (Wildman–Crippen MR) is 77.8 cm³/mol. The second-order valence-corrected chi connectivity index (χ2v) is 6.55. The van der Waals surface area contributed by atoms with Crippen molar-refractivity contribution in [3.8, 4) is 0 Å². The van der Waals surface area contributed by atoms with Crippen LogP contribution in [-0.4, -0.2) is 53.6 Å². The zero-order valence-electron chi connectivity index (χ0n) is 13.1. The van der Waals surface area contributed by atoms with Gasteiger partial charge in [0.25, 0.3) is 0 Å². The van der Waals surface area contributed by atoms with Gasteiger partial charge in [-0.1, -0.05) is 27.7 Å². The Morgan fingerprint density at radius 3 is 2.62 bits per heavy atom. The number of carbonyl (C=O) groups is 3. The van der Waals surface area contributed by atoms with Gasteiger partial charge in [-0.15, -0.1) is 0 Å². The molecule has 0 saturated carbocycles. The van der Waals surface area contributed by atoms with E-state index in [1.165, 1.54) is 4.90 Å². The first kappa shape index (κ1) is 17.3. The Balaban J connectivity index is 2.65. The molecule has 0 aromatic rings. The summed E-state index contributed by atoms with van der Waals surface area (Å²) in [5.74, 6) is -1.25. The Hall–Kier alpha value is -1.79. The van der Waals surface area contributed by atoms with Crippen LogP contribution in [0.25, 0.3) is 0 Å². The van der Waals surface area contributed by atoms with E-state index in [2.05, 4.69) is 31.4 Å². The Kier molecular flexibility index (Phi) is 5.57. The highest BCUT2D eigenvalue weighted by Gasteiger charge is 2.35. The van der Waals surface area contributed by atoms with Crippen LogP contribution >= 0.6 is 0 Å². The molecule has 21 heavy (non-hydrogen) atoms. The molecule has 0 radical (unpaired) electrons. The third-order valence-electron chi connectivity index (χ3n) is 4.00. The van der Waals surface area contributed by atoms with Gasteiger partial charge < -0.3 is 20.6 Å². The van der Waals surface area contributed by atoms with E-state index < -0.39 is 17.9 Å². The molecule has 1 aliphatic heterocycles. The number of rotatable bonds is 4. The fourth-order valence-corrected chi connectivity index (χ4v) is 1.97. The van der Waals surface area contributed by atoms with Crippen molar-refractivity contribution in [3.63, 3.8) is 0 Å². The molecular weight excluding hydrogens is 274 g/mol. The lowest BCUT2D eigenvalue weighted by Gasteiger charge is -2.35. The normalized spacial score (nSPS) is 20.7. The molecule has 0 aromatic heterocycles. The lowest BCUT2D eigenvalue weighted by Crippen LogP contribution is -2.60. The van der Waals surface area contributed by atoms with Crippen molar-refractivity contribution in [3.05, 3.63) is 0 Å². The second-order valence-electron chi connectivity index (χ2n) is 6.55. The molecule has 1 fully saturated rings. The zero-order valence-corrected chi connectivity index (χ0v) is 13.1. The van der Waals surface area contributed by atoms with Crippen LogP contribution in [0.2, 0.25) is 0 Å². The van der Waals surface area contributed by atoms with E-state index in [0.717, 1.165) is 0 Å². The van der Waals surface area contributed by atoms with Crippen molar-refractivity contribution in [2.24, 2.45) is 11.3 Å². The van der Waals surface area contributed by atoms with Crippen LogP contribution in [0.1, 0.15) is 34.1 Å². The van der Waals surface area contributed by atoms with Gasteiger partial charge in [0.05, 0.1) is 6.42 Å². The zero-order chi connectivity index (χ0) is 16.2. The highest BCUT2D eigenvalue weighted by atomic mass is 16.4. The molecule has 1 rings (SSSR count). The van der Waals surface area contributed by atoms with E-state index in [-0.39, 0.29) is 23.8 Å². The SMILES string of the molecule is CC(CNC(=O)N1CCNC(=O)C1CC(=O)O)C(C)(C)C. The molecule has 2 unspecified atom stereocenters. The first-order valence-corrected chi connectivity index (χ1v) is 7.17. The summed E-state index contributed by atoms with van der Waals surface area (Å²) in [4.78, 5) is 36.1. The Morgan fingerprint density at radius 2 is 2.10 bits per heavy atom. The Morgan fingerprint density at radius 1 is 1.48 bits per heavy atom. The van der Waals surface area contributed by atoms with Crippen molar-refractivity contribution in [1.29, 1.82) is 0 Å². The number of carboxylic acid groups (broad SMARTS) is 1. The van der Waals surface area contributed by atoms with Crippen molar-refractivity contribution < 1.29 is 19.5 Å². The molecule has 3 N–H and O–H groups in total. The first-order valence-electron chi connectivity index (χ1n) is 7.17.